The molecule has 5 nitrogen and oxygen atoms in total. The molecule has 1 aromatic heterocycles. The van der Waals surface area contributed by atoms with Gasteiger partial charge in [-0.25, -0.2) is 0 Å². The summed E-state index contributed by atoms with van der Waals surface area (Å²) in [5.41, 5.74) is 8.09. The second kappa shape index (κ2) is 6.77. The number of methoxy groups -OCH3 is 2. The predicted molar refractivity (Wildman–Crippen MR) is 78.0 cm³/mol. The summed E-state index contributed by atoms with van der Waals surface area (Å²) in [5.74, 6) is 1.37. The molecule has 0 amide bonds. The third kappa shape index (κ3) is 3.19. The van der Waals surface area contributed by atoms with Gasteiger partial charge in [-0.05, 0) is 30.3 Å². The Balaban J connectivity index is 2.20. The fraction of sp³-hybridized carbons (Fsp3) is 0.267. The van der Waals surface area contributed by atoms with Gasteiger partial charge in [0.05, 0.1) is 19.4 Å². The number of nitrogens with two attached hydrogens (primary N) is 1. The Labute approximate surface area is 118 Å². The molecule has 0 aliphatic heterocycles. The Bertz CT molecular complexity index is 556. The average molecular weight is 274 g/mol. The summed E-state index contributed by atoms with van der Waals surface area (Å²) in [5, 5.41) is 0. The van der Waals surface area contributed by atoms with Crippen molar-refractivity contribution in [3.05, 3.63) is 36.5 Å². The number of aromatic nitrogens is 1. The van der Waals surface area contributed by atoms with Crippen molar-refractivity contribution in [2.75, 3.05) is 33.2 Å². The summed E-state index contributed by atoms with van der Waals surface area (Å²) in [4.78, 5) is 4.32. The highest BCUT2D eigenvalue weighted by Gasteiger charge is 2.10. The Morgan fingerprint density at radius 3 is 2.45 bits per heavy atom. The Morgan fingerprint density at radius 2 is 1.80 bits per heavy atom. The van der Waals surface area contributed by atoms with Crippen molar-refractivity contribution in [3.63, 3.8) is 0 Å². The molecule has 20 heavy (non-hydrogen) atoms. The Hall–Kier alpha value is -2.27. The average Bonchev–Trinajstić information content (AvgIpc) is 2.48. The topological polar surface area (TPSA) is 66.6 Å². The van der Waals surface area contributed by atoms with Gasteiger partial charge in [0, 0.05) is 18.9 Å². The Morgan fingerprint density at radius 1 is 1.05 bits per heavy atom. The van der Waals surface area contributed by atoms with E-state index in [1.54, 1.807) is 26.5 Å². The molecule has 1 aromatic carbocycles. The second-order valence-electron chi connectivity index (χ2n) is 4.15. The summed E-state index contributed by atoms with van der Waals surface area (Å²) in [6, 6.07) is 9.33. The van der Waals surface area contributed by atoms with Crippen LogP contribution in [0.1, 0.15) is 0 Å². The van der Waals surface area contributed by atoms with Crippen LogP contribution in [0.25, 0.3) is 11.3 Å². The highest BCUT2D eigenvalue weighted by Crippen LogP contribution is 2.33. The van der Waals surface area contributed by atoms with Crippen LogP contribution < -0.4 is 15.2 Å². The molecule has 1 heterocycles. The van der Waals surface area contributed by atoms with E-state index in [1.165, 1.54) is 0 Å². The smallest absolute Gasteiger partial charge is 0.167 e. The molecule has 2 N–H and O–H groups in total. The molecule has 0 unspecified atom stereocenters. The van der Waals surface area contributed by atoms with E-state index in [9.17, 15) is 0 Å². The molecular formula is C15H18N2O3. The molecule has 2 aromatic rings. The van der Waals surface area contributed by atoms with Crippen molar-refractivity contribution < 1.29 is 14.2 Å². The van der Waals surface area contributed by atoms with E-state index in [0.717, 1.165) is 17.0 Å². The van der Waals surface area contributed by atoms with Crippen LogP contribution in [0.15, 0.2) is 36.5 Å². The number of hydrogen-bond donors (Lipinski definition) is 1. The van der Waals surface area contributed by atoms with Crippen molar-refractivity contribution >= 4 is 5.69 Å². The minimum atomic E-state index is 0.524. The van der Waals surface area contributed by atoms with Crippen molar-refractivity contribution in [3.8, 4) is 22.8 Å². The molecule has 0 fully saturated rings. The first-order valence-corrected chi connectivity index (χ1v) is 6.27. The molecule has 0 saturated carbocycles. The minimum Gasteiger partial charge on any atom is -0.492 e. The molecule has 0 atom stereocenters. The number of ether oxygens (including phenoxy) is 3. The van der Waals surface area contributed by atoms with Gasteiger partial charge in [-0.1, -0.05) is 0 Å². The lowest BCUT2D eigenvalue weighted by Gasteiger charge is -2.11. The molecule has 5 heteroatoms. The first-order chi connectivity index (χ1) is 9.76. The number of nitrogens with zero attached hydrogens (tertiary/aromatic N) is 1. The lowest BCUT2D eigenvalue weighted by molar-refractivity contribution is 0.146. The van der Waals surface area contributed by atoms with Gasteiger partial charge in [0.15, 0.2) is 5.75 Å². The number of nitrogen functional groups attached to an aromatic ring is 1. The number of pyridine rings is 1. The van der Waals surface area contributed by atoms with Gasteiger partial charge in [0.25, 0.3) is 0 Å². The predicted octanol–water partition coefficient (Wildman–Crippen LogP) is 2.36. The van der Waals surface area contributed by atoms with Crippen LogP contribution in [0.2, 0.25) is 0 Å². The van der Waals surface area contributed by atoms with Crippen molar-refractivity contribution in [2.45, 2.75) is 0 Å². The second-order valence-corrected chi connectivity index (χ2v) is 4.15. The van der Waals surface area contributed by atoms with Crippen molar-refractivity contribution in [1.29, 1.82) is 0 Å². The SMILES string of the molecule is COCCOc1ccc(-c2nccc(N)c2OC)cc1. The van der Waals surface area contributed by atoms with Gasteiger partial charge in [0.1, 0.15) is 18.1 Å². The third-order valence-corrected chi connectivity index (χ3v) is 2.82. The highest BCUT2D eigenvalue weighted by atomic mass is 16.5. The van der Waals surface area contributed by atoms with E-state index in [-0.39, 0.29) is 0 Å². The summed E-state index contributed by atoms with van der Waals surface area (Å²) in [6.45, 7) is 1.09. The van der Waals surface area contributed by atoms with Crippen LogP contribution >= 0.6 is 0 Å². The van der Waals surface area contributed by atoms with Crippen molar-refractivity contribution in [1.82, 2.24) is 4.98 Å². The number of rotatable bonds is 6. The van der Waals surface area contributed by atoms with Crippen LogP contribution in [0.5, 0.6) is 11.5 Å². The van der Waals surface area contributed by atoms with Crippen LogP contribution in [0, 0.1) is 0 Å². The first-order valence-electron chi connectivity index (χ1n) is 6.27. The van der Waals surface area contributed by atoms with Crippen LogP contribution in [0.4, 0.5) is 5.69 Å². The van der Waals surface area contributed by atoms with Gasteiger partial charge in [-0.15, -0.1) is 0 Å². The van der Waals surface area contributed by atoms with Gasteiger partial charge >= 0.3 is 0 Å². The lowest BCUT2D eigenvalue weighted by atomic mass is 10.1. The normalized spacial score (nSPS) is 10.3. The zero-order valence-electron chi connectivity index (χ0n) is 11.6. The zero-order valence-corrected chi connectivity index (χ0v) is 11.6. The highest BCUT2D eigenvalue weighted by molar-refractivity contribution is 5.73. The maximum absolute atomic E-state index is 5.88. The summed E-state index contributed by atoms with van der Waals surface area (Å²) >= 11 is 0. The van der Waals surface area contributed by atoms with E-state index in [2.05, 4.69) is 4.98 Å². The molecular weight excluding hydrogens is 256 g/mol. The zero-order chi connectivity index (χ0) is 14.4. The van der Waals surface area contributed by atoms with Crippen molar-refractivity contribution in [2.24, 2.45) is 0 Å². The molecule has 0 saturated heterocycles. The van der Waals surface area contributed by atoms with E-state index in [0.29, 0.717) is 24.7 Å². The van der Waals surface area contributed by atoms with E-state index in [1.807, 2.05) is 24.3 Å². The molecule has 0 radical (unpaired) electrons. The van der Waals surface area contributed by atoms with Crippen LogP contribution in [-0.4, -0.2) is 32.4 Å². The fourth-order valence-corrected chi connectivity index (χ4v) is 1.84. The quantitative estimate of drug-likeness (QED) is 0.819. The van der Waals surface area contributed by atoms with Gasteiger partial charge in [0.2, 0.25) is 0 Å². The molecule has 0 aliphatic carbocycles. The monoisotopic (exact) mass is 274 g/mol. The van der Waals surface area contributed by atoms with E-state index in [4.69, 9.17) is 19.9 Å². The summed E-state index contributed by atoms with van der Waals surface area (Å²) < 4.78 is 15.8. The molecule has 0 spiro atoms. The lowest BCUT2D eigenvalue weighted by Crippen LogP contribution is -2.04. The van der Waals surface area contributed by atoms with Gasteiger partial charge in [-0.3, -0.25) is 4.98 Å². The standard InChI is InChI=1S/C15H18N2O3/c1-18-9-10-20-12-5-3-11(4-6-12)14-15(19-2)13(16)7-8-17-14/h3-8H,9-10H2,1-2H3,(H2,16,17). The van der Waals surface area contributed by atoms with Crippen LogP contribution in [0.3, 0.4) is 0 Å². The molecule has 0 bridgehead atoms. The number of anilines is 1. The minimum absolute atomic E-state index is 0.524. The molecule has 2 rings (SSSR count). The number of benzene rings is 1. The van der Waals surface area contributed by atoms with Gasteiger partial charge < -0.3 is 19.9 Å². The summed E-state index contributed by atoms with van der Waals surface area (Å²) in [7, 11) is 3.23. The third-order valence-electron chi connectivity index (χ3n) is 2.82. The maximum atomic E-state index is 5.88. The molecule has 106 valence electrons. The van der Waals surface area contributed by atoms with Gasteiger partial charge in [-0.2, -0.15) is 0 Å². The largest absolute Gasteiger partial charge is 0.492 e. The summed E-state index contributed by atoms with van der Waals surface area (Å²) in [6.07, 6.45) is 1.66. The van der Waals surface area contributed by atoms with E-state index >= 15 is 0 Å². The van der Waals surface area contributed by atoms with E-state index < -0.39 is 0 Å². The first kappa shape index (κ1) is 14.1. The molecule has 0 aliphatic rings. The fourth-order valence-electron chi connectivity index (χ4n) is 1.84. The number of hydrogen-bond acceptors (Lipinski definition) is 5. The maximum Gasteiger partial charge on any atom is 0.167 e. The Kier molecular flexibility index (Phi) is 4.79. The van der Waals surface area contributed by atoms with Crippen LogP contribution in [-0.2, 0) is 4.74 Å².